The molecule has 0 rings (SSSR count). The molecule has 2 nitrogen and oxygen atoms in total. The Morgan fingerprint density at radius 2 is 1.00 bits per heavy atom. The summed E-state index contributed by atoms with van der Waals surface area (Å²) in [5.41, 5.74) is 0. The molecule has 0 fully saturated rings. The van der Waals surface area contributed by atoms with E-state index in [-0.39, 0.29) is 119 Å². The Hall–Kier alpha value is 3.26. The van der Waals surface area contributed by atoms with Gasteiger partial charge < -0.3 is 13.8 Å². The van der Waals surface area contributed by atoms with Crippen LogP contribution in [0.1, 0.15) is 2.85 Å². The second kappa shape index (κ2) is 41.0. The van der Waals surface area contributed by atoms with E-state index in [4.69, 9.17) is 0 Å². The van der Waals surface area contributed by atoms with E-state index in [0.717, 1.165) is 0 Å². The molecule has 0 N–H and O–H groups in total. The van der Waals surface area contributed by atoms with Crippen molar-refractivity contribution in [3.63, 3.8) is 0 Å². The van der Waals surface area contributed by atoms with E-state index in [0.29, 0.717) is 0 Å². The Kier molecular flexibility index (Phi) is 406. The molecule has 0 unspecified atom stereocenters. The Morgan fingerprint density at radius 1 is 1.00 bits per heavy atom. The summed E-state index contributed by atoms with van der Waals surface area (Å²) in [6, 6.07) is 0. The summed E-state index contributed by atoms with van der Waals surface area (Å²) < 4.78 is 0. The maximum atomic E-state index is 0. The fraction of sp³-hybridized carbons (Fsp3) is 0. The molecule has 0 aromatic rings. The minimum absolute atomic E-state index is 0. The molecular formula is H2BaCrCuO2Ti. The average Bonchev–Trinajstić information content (AvgIpc) is 0. The Morgan fingerprint density at radius 3 is 1.00 bits per heavy atom. The van der Waals surface area contributed by atoms with Crippen molar-refractivity contribution in [2.75, 3.05) is 0 Å². The molecule has 0 aromatic heterocycles. The van der Waals surface area contributed by atoms with Crippen LogP contribution in [0.25, 0.3) is 0 Å². The van der Waals surface area contributed by atoms with E-state index in [1.54, 1.807) is 0 Å². The van der Waals surface area contributed by atoms with Gasteiger partial charge in [0.05, 0.1) is 0 Å². The topological polar surface area (TPSA) is 57.0 Å². The Bertz CT molecular complexity index is 20.0. The third-order valence-corrected chi connectivity index (χ3v) is 0. The van der Waals surface area contributed by atoms with Crippen molar-refractivity contribution < 1.29 is 70.0 Å². The van der Waals surface area contributed by atoms with E-state index >= 15 is 0 Å². The third kappa shape index (κ3) is 26.8. The molecule has 0 aliphatic rings. The maximum Gasteiger partial charge on any atom is 4.00 e. The molecule has 1 radical (unpaired) electrons. The summed E-state index contributed by atoms with van der Waals surface area (Å²) >= 11 is 0. The molecule has 0 saturated heterocycles. The zero-order chi connectivity index (χ0) is 0. The van der Waals surface area contributed by atoms with Gasteiger partial charge in [0.1, 0.15) is 0 Å². The SMILES string of the molecule is [Ba+2].[Cr].[Cu].[H-].[H-].[O-2].[O-2].[Ti+4]. The summed E-state index contributed by atoms with van der Waals surface area (Å²) in [5, 5.41) is 0. The molecule has 0 aliphatic heterocycles. The molecular weight excluding hydrogens is 333 g/mol. The van der Waals surface area contributed by atoms with Crippen molar-refractivity contribution in [1.29, 1.82) is 0 Å². The van der Waals surface area contributed by atoms with Crippen LogP contribution < -0.4 is 0 Å². The summed E-state index contributed by atoms with van der Waals surface area (Å²) in [5.74, 6) is 0. The van der Waals surface area contributed by atoms with E-state index in [1.807, 2.05) is 0 Å². The summed E-state index contributed by atoms with van der Waals surface area (Å²) in [7, 11) is 0. The predicted molar refractivity (Wildman–Crippen MR) is 9.35 cm³/mol. The third-order valence-electron chi connectivity index (χ3n) is 0. The molecule has 37 valence electrons. The van der Waals surface area contributed by atoms with Crippen LogP contribution in [-0.4, -0.2) is 48.9 Å². The molecule has 0 aromatic carbocycles. The fourth-order valence-corrected chi connectivity index (χ4v) is 0. The van der Waals surface area contributed by atoms with Gasteiger partial charge in [-0.2, -0.15) is 0 Å². The van der Waals surface area contributed by atoms with Crippen LogP contribution >= 0.6 is 0 Å². The van der Waals surface area contributed by atoms with E-state index < -0.39 is 0 Å². The van der Waals surface area contributed by atoms with Crippen molar-refractivity contribution in [2.24, 2.45) is 0 Å². The fourth-order valence-electron chi connectivity index (χ4n) is 0. The van der Waals surface area contributed by atoms with Gasteiger partial charge in [0.15, 0.2) is 0 Å². The van der Waals surface area contributed by atoms with Crippen LogP contribution in [0.15, 0.2) is 0 Å². The normalized spacial score (nSPS) is 0. The minimum Gasteiger partial charge on any atom is -2.00 e. The van der Waals surface area contributed by atoms with Gasteiger partial charge in [-0.1, -0.05) is 0 Å². The van der Waals surface area contributed by atoms with Gasteiger partial charge in [-0.3, -0.25) is 0 Å². The van der Waals surface area contributed by atoms with Crippen molar-refractivity contribution in [3.05, 3.63) is 0 Å². The predicted octanol–water partition coefficient (Wildman–Crippen LogP) is -0.401. The molecule has 0 bridgehead atoms. The van der Waals surface area contributed by atoms with Gasteiger partial charge >= 0.3 is 70.6 Å². The largest absolute Gasteiger partial charge is 4.00 e. The molecule has 0 heterocycles. The van der Waals surface area contributed by atoms with Crippen LogP contribution in [0.5, 0.6) is 0 Å². The Labute approximate surface area is 116 Å². The van der Waals surface area contributed by atoms with Crippen molar-refractivity contribution in [2.45, 2.75) is 0 Å². The van der Waals surface area contributed by atoms with Gasteiger partial charge in [-0.25, -0.2) is 0 Å². The Balaban J connectivity index is 0. The zero-order valence-electron chi connectivity index (χ0n) is 4.73. The second-order valence-corrected chi connectivity index (χ2v) is 0. The summed E-state index contributed by atoms with van der Waals surface area (Å²) in [6.07, 6.45) is 0. The smallest absolute Gasteiger partial charge is 2.00 e. The molecule has 0 spiro atoms. The molecule has 0 saturated carbocycles. The molecule has 6 heavy (non-hydrogen) atoms. The second-order valence-electron chi connectivity index (χ2n) is 0. The molecule has 6 heteroatoms. The van der Waals surface area contributed by atoms with Crippen LogP contribution in [0.3, 0.4) is 0 Å². The first-order chi connectivity index (χ1) is 0. The van der Waals surface area contributed by atoms with Crippen LogP contribution in [0.4, 0.5) is 0 Å². The number of hydrogen-bond acceptors (Lipinski definition) is 0. The first kappa shape index (κ1) is 59.5. The van der Waals surface area contributed by atoms with Crippen molar-refractivity contribution in [3.8, 4) is 0 Å². The van der Waals surface area contributed by atoms with E-state index in [9.17, 15) is 0 Å². The monoisotopic (exact) mass is 335 g/mol. The first-order valence-electron chi connectivity index (χ1n) is 0. The molecule has 0 amide bonds. The molecule has 0 aliphatic carbocycles. The minimum atomic E-state index is 0. The van der Waals surface area contributed by atoms with Gasteiger partial charge in [-0.15, -0.1) is 0 Å². The number of hydrogen-bond donors (Lipinski definition) is 0. The quantitative estimate of drug-likeness (QED) is 0.541. The first-order valence-corrected chi connectivity index (χ1v) is 0. The molecule has 0 atom stereocenters. The van der Waals surface area contributed by atoms with Crippen LogP contribution in [-0.2, 0) is 67.1 Å². The standard InChI is InChI=1S/Ba.Cr.Cu.2O.Ti.2H/q+2;;;2*-2;+4;2*-1. The summed E-state index contributed by atoms with van der Waals surface area (Å²) in [4.78, 5) is 0. The van der Waals surface area contributed by atoms with Crippen molar-refractivity contribution >= 4 is 48.9 Å². The van der Waals surface area contributed by atoms with Gasteiger partial charge in [-0.05, 0) is 0 Å². The summed E-state index contributed by atoms with van der Waals surface area (Å²) in [6.45, 7) is 0. The van der Waals surface area contributed by atoms with Gasteiger partial charge in [0.25, 0.3) is 0 Å². The average molecular weight is 335 g/mol. The van der Waals surface area contributed by atoms with Crippen LogP contribution in [0, 0.1) is 0 Å². The zero-order valence-corrected chi connectivity index (χ0v) is 11.0. The van der Waals surface area contributed by atoms with Crippen LogP contribution in [0.2, 0.25) is 0 Å². The van der Waals surface area contributed by atoms with Crippen molar-refractivity contribution in [1.82, 2.24) is 0 Å². The maximum absolute atomic E-state index is 0. The number of rotatable bonds is 0. The van der Waals surface area contributed by atoms with E-state index in [2.05, 4.69) is 0 Å². The van der Waals surface area contributed by atoms with Gasteiger partial charge in [0, 0.05) is 34.4 Å². The van der Waals surface area contributed by atoms with E-state index in [1.165, 1.54) is 0 Å². The van der Waals surface area contributed by atoms with Gasteiger partial charge in [0.2, 0.25) is 0 Å².